The summed E-state index contributed by atoms with van der Waals surface area (Å²) in [5.41, 5.74) is 0.990. The average Bonchev–Trinajstić information content (AvgIpc) is 2.33. The number of sulfonamides is 1. The Morgan fingerprint density at radius 3 is 2.19 bits per heavy atom. The zero-order valence-corrected chi connectivity index (χ0v) is 15.3. The third-order valence-corrected chi connectivity index (χ3v) is 5.90. The lowest BCUT2D eigenvalue weighted by atomic mass is 10.2. The maximum atomic E-state index is 12.5. The molecule has 1 N–H and O–H groups in total. The van der Waals surface area contributed by atoms with Crippen LogP contribution < -0.4 is 4.72 Å². The van der Waals surface area contributed by atoms with Gasteiger partial charge in [-0.2, -0.15) is 0 Å². The van der Waals surface area contributed by atoms with Crippen molar-refractivity contribution in [1.82, 2.24) is 0 Å². The second kappa shape index (κ2) is 6.34. The molecule has 2 rings (SSSR count). The Morgan fingerprint density at radius 1 is 1.05 bits per heavy atom. The Bertz CT molecular complexity index is 786. The Hall–Kier alpha value is -0.460. The molecule has 0 saturated heterocycles. The number of rotatable bonds is 3. The molecule has 0 saturated carbocycles. The molecule has 21 heavy (non-hydrogen) atoms. The van der Waals surface area contributed by atoms with Crippen LogP contribution in [0.3, 0.4) is 0 Å². The van der Waals surface area contributed by atoms with Crippen molar-refractivity contribution in [3.63, 3.8) is 0 Å². The Labute approximate surface area is 146 Å². The molecular formula is C13H9BrCl3NO2S. The van der Waals surface area contributed by atoms with E-state index >= 15 is 0 Å². The van der Waals surface area contributed by atoms with Gasteiger partial charge in [-0.15, -0.1) is 0 Å². The van der Waals surface area contributed by atoms with E-state index in [9.17, 15) is 8.42 Å². The summed E-state index contributed by atoms with van der Waals surface area (Å²) in [4.78, 5) is -0.173. The zero-order valence-electron chi connectivity index (χ0n) is 10.6. The van der Waals surface area contributed by atoms with E-state index in [4.69, 9.17) is 34.8 Å². The molecule has 2 aromatic rings. The van der Waals surface area contributed by atoms with Gasteiger partial charge in [-0.25, -0.2) is 8.42 Å². The summed E-state index contributed by atoms with van der Waals surface area (Å²) >= 11 is 21.2. The molecule has 0 aliphatic heterocycles. The molecule has 0 heterocycles. The number of hydrogen-bond donors (Lipinski definition) is 1. The van der Waals surface area contributed by atoms with Crippen LogP contribution in [-0.2, 0) is 10.0 Å². The number of nitrogens with one attached hydrogen (secondary N) is 1. The SMILES string of the molecule is Cc1c(Cl)cccc1NS(=O)(=O)c1c(Cl)cc(Br)cc1Cl. The van der Waals surface area contributed by atoms with Gasteiger partial charge in [-0.1, -0.05) is 56.8 Å². The summed E-state index contributed by atoms with van der Waals surface area (Å²) in [6.45, 7) is 1.71. The van der Waals surface area contributed by atoms with Crippen LogP contribution in [0.5, 0.6) is 0 Å². The van der Waals surface area contributed by atoms with Gasteiger partial charge in [-0.05, 0) is 36.8 Å². The Morgan fingerprint density at radius 2 is 1.62 bits per heavy atom. The highest BCUT2D eigenvalue weighted by Crippen LogP contribution is 2.34. The molecule has 0 bridgehead atoms. The van der Waals surface area contributed by atoms with Crippen LogP contribution >= 0.6 is 50.7 Å². The van der Waals surface area contributed by atoms with E-state index in [1.54, 1.807) is 25.1 Å². The third-order valence-electron chi connectivity index (χ3n) is 2.74. The highest BCUT2D eigenvalue weighted by Gasteiger charge is 2.23. The molecular weight excluding hydrogens is 420 g/mol. The first-order valence-electron chi connectivity index (χ1n) is 5.65. The largest absolute Gasteiger partial charge is 0.279 e. The maximum absolute atomic E-state index is 12.5. The molecule has 0 fully saturated rings. The van der Waals surface area contributed by atoms with Crippen molar-refractivity contribution in [1.29, 1.82) is 0 Å². The first-order valence-corrected chi connectivity index (χ1v) is 9.06. The number of halogens is 4. The summed E-state index contributed by atoms with van der Waals surface area (Å²) in [5, 5.41) is 0.520. The summed E-state index contributed by atoms with van der Waals surface area (Å²) in [5.74, 6) is 0. The van der Waals surface area contributed by atoms with Crippen molar-refractivity contribution in [3.8, 4) is 0 Å². The third kappa shape index (κ3) is 3.66. The van der Waals surface area contributed by atoms with Crippen molar-refractivity contribution >= 4 is 66.4 Å². The molecule has 0 aliphatic carbocycles. The van der Waals surface area contributed by atoms with Crippen LogP contribution in [0.2, 0.25) is 15.1 Å². The quantitative estimate of drug-likeness (QED) is 0.698. The van der Waals surface area contributed by atoms with Crippen LogP contribution in [0.4, 0.5) is 5.69 Å². The average molecular weight is 430 g/mol. The standard InChI is InChI=1S/C13H9BrCl3NO2S/c1-7-9(15)3-2-4-12(7)18-21(19,20)13-10(16)5-8(14)6-11(13)17/h2-6,18H,1H3. The zero-order chi connectivity index (χ0) is 15.8. The van der Waals surface area contributed by atoms with Gasteiger partial charge in [0.05, 0.1) is 15.7 Å². The first kappa shape index (κ1) is 16.9. The van der Waals surface area contributed by atoms with Gasteiger partial charge in [0, 0.05) is 9.50 Å². The van der Waals surface area contributed by atoms with Crippen LogP contribution in [0.25, 0.3) is 0 Å². The summed E-state index contributed by atoms with van der Waals surface area (Å²) < 4.78 is 28.0. The van der Waals surface area contributed by atoms with E-state index in [1.807, 2.05) is 0 Å². The molecule has 0 aromatic heterocycles. The van der Waals surface area contributed by atoms with E-state index in [2.05, 4.69) is 20.7 Å². The molecule has 0 atom stereocenters. The number of anilines is 1. The Kier molecular flexibility index (Phi) is 5.11. The minimum atomic E-state index is -3.92. The van der Waals surface area contributed by atoms with Gasteiger partial charge >= 0.3 is 0 Å². The summed E-state index contributed by atoms with van der Waals surface area (Å²) in [6, 6.07) is 7.87. The number of hydrogen-bond acceptors (Lipinski definition) is 2. The van der Waals surface area contributed by atoms with Crippen LogP contribution in [0, 0.1) is 6.92 Å². The molecule has 0 amide bonds. The molecule has 112 valence electrons. The van der Waals surface area contributed by atoms with E-state index < -0.39 is 10.0 Å². The molecule has 0 spiro atoms. The second-order valence-corrected chi connectivity index (χ2v) is 7.97. The molecule has 3 nitrogen and oxygen atoms in total. The van der Waals surface area contributed by atoms with Crippen molar-refractivity contribution in [2.45, 2.75) is 11.8 Å². The molecule has 0 radical (unpaired) electrons. The molecule has 8 heteroatoms. The van der Waals surface area contributed by atoms with Gasteiger partial charge in [0.2, 0.25) is 0 Å². The lowest BCUT2D eigenvalue weighted by Crippen LogP contribution is -2.15. The van der Waals surface area contributed by atoms with Gasteiger partial charge < -0.3 is 0 Å². The van der Waals surface area contributed by atoms with E-state index in [0.717, 1.165) is 0 Å². The highest BCUT2D eigenvalue weighted by molar-refractivity contribution is 9.10. The topological polar surface area (TPSA) is 46.2 Å². The van der Waals surface area contributed by atoms with Crippen LogP contribution in [-0.4, -0.2) is 8.42 Å². The molecule has 2 aromatic carbocycles. The van der Waals surface area contributed by atoms with Crippen molar-refractivity contribution in [2.24, 2.45) is 0 Å². The minimum absolute atomic E-state index is 0.0292. The fraction of sp³-hybridized carbons (Fsp3) is 0.0769. The maximum Gasteiger partial charge on any atom is 0.264 e. The number of benzene rings is 2. The van der Waals surface area contributed by atoms with Crippen molar-refractivity contribution in [3.05, 3.63) is 55.4 Å². The molecule has 0 aliphatic rings. The lowest BCUT2D eigenvalue weighted by Gasteiger charge is -2.13. The lowest BCUT2D eigenvalue weighted by molar-refractivity contribution is 0.601. The van der Waals surface area contributed by atoms with Gasteiger partial charge in [-0.3, -0.25) is 4.72 Å². The fourth-order valence-electron chi connectivity index (χ4n) is 1.70. The Balaban J connectivity index is 2.51. The normalized spacial score (nSPS) is 11.5. The predicted octanol–water partition coefficient (Wildman–Crippen LogP) is 5.52. The van der Waals surface area contributed by atoms with Crippen LogP contribution in [0.15, 0.2) is 39.7 Å². The van der Waals surface area contributed by atoms with E-state index in [1.165, 1.54) is 12.1 Å². The van der Waals surface area contributed by atoms with E-state index in [-0.39, 0.29) is 14.9 Å². The predicted molar refractivity (Wildman–Crippen MR) is 91.2 cm³/mol. The summed E-state index contributed by atoms with van der Waals surface area (Å²) in [6.07, 6.45) is 0. The van der Waals surface area contributed by atoms with E-state index in [0.29, 0.717) is 20.7 Å². The van der Waals surface area contributed by atoms with Crippen LogP contribution in [0.1, 0.15) is 5.56 Å². The first-order chi connectivity index (χ1) is 9.72. The fourth-order valence-corrected chi connectivity index (χ4v) is 4.94. The van der Waals surface area contributed by atoms with Crippen molar-refractivity contribution in [2.75, 3.05) is 4.72 Å². The van der Waals surface area contributed by atoms with Gasteiger partial charge in [0.15, 0.2) is 0 Å². The van der Waals surface area contributed by atoms with Gasteiger partial charge in [0.1, 0.15) is 4.90 Å². The van der Waals surface area contributed by atoms with Gasteiger partial charge in [0.25, 0.3) is 10.0 Å². The monoisotopic (exact) mass is 427 g/mol. The summed E-state index contributed by atoms with van der Waals surface area (Å²) in [7, 11) is -3.92. The van der Waals surface area contributed by atoms with Crippen molar-refractivity contribution < 1.29 is 8.42 Å². The second-order valence-electron chi connectivity index (χ2n) is 4.22. The minimum Gasteiger partial charge on any atom is -0.279 e. The molecule has 0 unspecified atom stereocenters. The smallest absolute Gasteiger partial charge is 0.264 e. The highest BCUT2D eigenvalue weighted by atomic mass is 79.9.